The van der Waals surface area contributed by atoms with Crippen LogP contribution in [0.4, 0.5) is 15.8 Å². The molecule has 1 N–H and O–H groups in total. The first kappa shape index (κ1) is 27.0. The van der Waals surface area contributed by atoms with Gasteiger partial charge < -0.3 is 10.1 Å². The van der Waals surface area contributed by atoms with Crippen molar-refractivity contribution in [3.05, 3.63) is 104 Å². The lowest BCUT2D eigenvalue weighted by Crippen LogP contribution is -2.33. The van der Waals surface area contributed by atoms with Gasteiger partial charge in [-0.05, 0) is 61.0 Å². The largest absolute Gasteiger partial charge is 0.497 e. The Morgan fingerprint density at radius 2 is 1.63 bits per heavy atom. The molecule has 3 atom stereocenters. The number of hydrogen-bond acceptors (Lipinski definition) is 7. The van der Waals surface area contributed by atoms with Crippen LogP contribution in [0.1, 0.15) is 21.9 Å². The predicted octanol–water partition coefficient (Wildman–Crippen LogP) is 4.80. The van der Waals surface area contributed by atoms with E-state index in [2.05, 4.69) is 5.32 Å². The minimum absolute atomic E-state index is 0.277. The Bertz CT molecular complexity index is 1720. The SMILES string of the molecule is COc1ccc(NC(=O)Cn2c3c(sc2=O)[C@H](c2ccc(F)cc2)C2C(=O)N(c4ccc(C)cc4)C(=O)C2S3)cc1. The van der Waals surface area contributed by atoms with E-state index >= 15 is 0 Å². The van der Waals surface area contributed by atoms with Crippen molar-refractivity contribution in [3.8, 4) is 5.75 Å². The molecule has 0 saturated carbocycles. The van der Waals surface area contributed by atoms with Crippen LogP contribution >= 0.6 is 23.1 Å². The Labute approximate surface area is 242 Å². The highest BCUT2D eigenvalue weighted by Crippen LogP contribution is 2.53. The third kappa shape index (κ3) is 4.85. The topological polar surface area (TPSA) is 97.7 Å². The number of thiazole rings is 1. The molecule has 6 rings (SSSR count). The molecule has 8 nitrogen and oxygen atoms in total. The van der Waals surface area contributed by atoms with Crippen molar-refractivity contribution < 1.29 is 23.5 Å². The summed E-state index contributed by atoms with van der Waals surface area (Å²) < 4.78 is 20.4. The third-order valence-corrected chi connectivity index (χ3v) is 9.85. The number of rotatable bonds is 6. The van der Waals surface area contributed by atoms with Crippen molar-refractivity contribution in [1.29, 1.82) is 0 Å². The summed E-state index contributed by atoms with van der Waals surface area (Å²) in [5, 5.41) is 2.42. The van der Waals surface area contributed by atoms with Gasteiger partial charge >= 0.3 is 4.87 Å². The number of amides is 3. The smallest absolute Gasteiger partial charge is 0.308 e. The van der Waals surface area contributed by atoms with Gasteiger partial charge in [0.1, 0.15) is 23.4 Å². The van der Waals surface area contributed by atoms with E-state index in [0.717, 1.165) is 28.7 Å². The minimum atomic E-state index is -0.823. The first-order chi connectivity index (χ1) is 19.7. The fourth-order valence-corrected chi connectivity index (χ4v) is 8.02. The highest BCUT2D eigenvalue weighted by molar-refractivity contribution is 8.00. The monoisotopic (exact) mass is 589 g/mol. The quantitative estimate of drug-likeness (QED) is 0.325. The van der Waals surface area contributed by atoms with Crippen LogP contribution in [0.25, 0.3) is 0 Å². The minimum Gasteiger partial charge on any atom is -0.497 e. The lowest BCUT2D eigenvalue weighted by atomic mass is 9.83. The van der Waals surface area contributed by atoms with E-state index in [1.54, 1.807) is 55.6 Å². The molecule has 1 aromatic heterocycles. The summed E-state index contributed by atoms with van der Waals surface area (Å²) in [4.78, 5) is 55.3. The van der Waals surface area contributed by atoms with Crippen molar-refractivity contribution in [1.82, 2.24) is 4.57 Å². The number of imide groups is 1. The fourth-order valence-electron chi connectivity index (χ4n) is 5.25. The molecule has 0 spiro atoms. The Morgan fingerprint density at radius 3 is 2.29 bits per heavy atom. The summed E-state index contributed by atoms with van der Waals surface area (Å²) in [7, 11) is 1.55. The third-order valence-electron chi connectivity index (χ3n) is 7.25. The number of ether oxygens (including phenoxy) is 1. The molecular weight excluding hydrogens is 565 g/mol. The first-order valence-electron chi connectivity index (χ1n) is 12.8. The standard InChI is InChI=1S/C30H24FN3O5S2/c1-16-3-11-20(12-4-16)34-27(36)24-23(17-5-7-18(31)8-6-17)26-29(40-25(24)28(34)37)33(30(38)41-26)15-22(35)32-19-9-13-21(39-2)14-10-19/h3-14,23-25H,15H2,1-2H3,(H,32,35)/t23-,24?,25?/m1/s1. The van der Waals surface area contributed by atoms with E-state index in [-0.39, 0.29) is 23.2 Å². The van der Waals surface area contributed by atoms with Crippen LogP contribution < -0.4 is 19.8 Å². The Kier molecular flexibility index (Phi) is 7.00. The van der Waals surface area contributed by atoms with Crippen molar-refractivity contribution in [2.75, 3.05) is 17.3 Å². The summed E-state index contributed by atoms with van der Waals surface area (Å²) in [5.74, 6) is -2.45. The predicted molar refractivity (Wildman–Crippen MR) is 155 cm³/mol. The molecule has 0 aliphatic carbocycles. The van der Waals surface area contributed by atoms with E-state index in [1.807, 2.05) is 19.1 Å². The fraction of sp³-hybridized carbons (Fsp3) is 0.200. The second-order valence-electron chi connectivity index (χ2n) is 9.84. The number of fused-ring (bicyclic) bond motifs is 2. The molecule has 3 aromatic carbocycles. The van der Waals surface area contributed by atoms with Gasteiger partial charge in [0.15, 0.2) is 0 Å². The van der Waals surface area contributed by atoms with Crippen LogP contribution in [-0.4, -0.2) is 34.6 Å². The van der Waals surface area contributed by atoms with Crippen LogP contribution in [0, 0.1) is 18.7 Å². The van der Waals surface area contributed by atoms with Gasteiger partial charge in [0, 0.05) is 16.5 Å². The molecule has 4 aromatic rings. The van der Waals surface area contributed by atoms with E-state index in [0.29, 0.717) is 32.6 Å². The van der Waals surface area contributed by atoms with Gasteiger partial charge in [-0.3, -0.25) is 23.7 Å². The maximum Gasteiger partial charge on any atom is 0.308 e. The van der Waals surface area contributed by atoms with Crippen molar-refractivity contribution >= 4 is 52.2 Å². The summed E-state index contributed by atoms with van der Waals surface area (Å²) >= 11 is 2.08. The number of nitrogens with zero attached hydrogens (tertiary/aromatic N) is 2. The molecule has 3 amide bonds. The normalized spacial score (nSPS) is 19.6. The lowest BCUT2D eigenvalue weighted by molar-refractivity contribution is -0.122. The number of nitrogens with one attached hydrogen (secondary N) is 1. The number of hydrogen-bond donors (Lipinski definition) is 1. The number of benzene rings is 3. The number of thioether (sulfide) groups is 1. The molecule has 2 unspecified atom stereocenters. The molecule has 3 heterocycles. The molecule has 0 radical (unpaired) electrons. The van der Waals surface area contributed by atoms with E-state index in [1.165, 1.54) is 21.6 Å². The van der Waals surface area contributed by atoms with E-state index in [4.69, 9.17) is 4.74 Å². The number of aryl methyl sites for hydroxylation is 1. The number of carbonyl (C=O) groups is 3. The van der Waals surface area contributed by atoms with Crippen LogP contribution in [0.2, 0.25) is 0 Å². The van der Waals surface area contributed by atoms with Crippen LogP contribution in [0.3, 0.4) is 0 Å². The highest BCUT2D eigenvalue weighted by Gasteiger charge is 2.56. The second kappa shape index (κ2) is 10.6. The Hall–Kier alpha value is -4.22. The Morgan fingerprint density at radius 1 is 0.951 bits per heavy atom. The molecule has 41 heavy (non-hydrogen) atoms. The van der Waals surface area contributed by atoms with E-state index < -0.39 is 28.8 Å². The highest BCUT2D eigenvalue weighted by atomic mass is 32.2. The van der Waals surface area contributed by atoms with Crippen LogP contribution in [0.15, 0.2) is 82.6 Å². The molecule has 208 valence electrons. The Balaban J connectivity index is 1.38. The van der Waals surface area contributed by atoms with Gasteiger partial charge in [0.2, 0.25) is 17.7 Å². The first-order valence-corrected chi connectivity index (χ1v) is 14.5. The number of carbonyl (C=O) groups excluding carboxylic acids is 3. The molecular formula is C30H24FN3O5S2. The van der Waals surface area contributed by atoms with Crippen molar-refractivity contribution in [3.63, 3.8) is 0 Å². The maximum atomic E-state index is 13.9. The summed E-state index contributed by atoms with van der Waals surface area (Å²) in [6.07, 6.45) is 0. The number of anilines is 2. The molecule has 2 aliphatic rings. The van der Waals surface area contributed by atoms with Gasteiger partial charge in [0.05, 0.1) is 23.7 Å². The number of aromatic nitrogens is 1. The van der Waals surface area contributed by atoms with E-state index in [9.17, 15) is 23.6 Å². The average molecular weight is 590 g/mol. The zero-order valence-corrected chi connectivity index (χ0v) is 23.6. The maximum absolute atomic E-state index is 13.9. The van der Waals surface area contributed by atoms with Gasteiger partial charge in [-0.1, -0.05) is 52.9 Å². The number of methoxy groups -OCH3 is 1. The molecule has 1 fully saturated rings. The van der Waals surface area contributed by atoms with Crippen LogP contribution in [0.5, 0.6) is 5.75 Å². The van der Waals surface area contributed by atoms with Gasteiger partial charge in [-0.25, -0.2) is 9.29 Å². The zero-order chi connectivity index (χ0) is 28.8. The molecule has 0 bridgehead atoms. The number of halogens is 1. The lowest BCUT2D eigenvalue weighted by Gasteiger charge is -2.30. The molecule has 2 aliphatic heterocycles. The van der Waals surface area contributed by atoms with Crippen LogP contribution in [-0.2, 0) is 20.9 Å². The molecule has 1 saturated heterocycles. The van der Waals surface area contributed by atoms with Gasteiger partial charge in [-0.15, -0.1) is 0 Å². The summed E-state index contributed by atoms with van der Waals surface area (Å²) in [6.45, 7) is 1.64. The zero-order valence-electron chi connectivity index (χ0n) is 22.0. The van der Waals surface area contributed by atoms with Crippen molar-refractivity contribution in [2.24, 2.45) is 5.92 Å². The summed E-state index contributed by atoms with van der Waals surface area (Å²) in [5.41, 5.74) is 2.61. The second-order valence-corrected chi connectivity index (χ2v) is 12.0. The van der Waals surface area contributed by atoms with Gasteiger partial charge in [-0.2, -0.15) is 0 Å². The summed E-state index contributed by atoms with van der Waals surface area (Å²) in [6, 6.07) is 19.7. The average Bonchev–Trinajstić information content (AvgIpc) is 3.40. The molecule has 11 heteroatoms. The van der Waals surface area contributed by atoms with Gasteiger partial charge in [0.25, 0.3) is 0 Å². The van der Waals surface area contributed by atoms with Crippen molar-refractivity contribution in [2.45, 2.75) is 29.7 Å².